The van der Waals surface area contributed by atoms with Gasteiger partial charge in [-0.1, -0.05) is 18.2 Å². The molecule has 0 N–H and O–H groups in total. The van der Waals surface area contributed by atoms with Crippen molar-refractivity contribution in [3.63, 3.8) is 0 Å². The van der Waals surface area contributed by atoms with E-state index >= 15 is 0 Å². The number of ether oxygens (including phenoxy) is 2. The summed E-state index contributed by atoms with van der Waals surface area (Å²) in [7, 11) is 0. The number of alkyl halides is 3. The van der Waals surface area contributed by atoms with Crippen molar-refractivity contribution in [3.8, 4) is 0 Å². The van der Waals surface area contributed by atoms with Crippen LogP contribution in [0, 0.1) is 17.8 Å². The summed E-state index contributed by atoms with van der Waals surface area (Å²) in [5.74, 6) is -4.02. The molecule has 130 valence electrons. The number of fused-ring (bicyclic) bond motifs is 1. The van der Waals surface area contributed by atoms with Gasteiger partial charge in [0.2, 0.25) is 18.7 Å². The zero-order chi connectivity index (χ0) is 17.3. The number of carbonyl (C=O) groups excluding carboxylic acids is 1. The molecule has 4 nitrogen and oxygen atoms in total. The van der Waals surface area contributed by atoms with Crippen molar-refractivity contribution in [2.45, 2.75) is 32.2 Å². The van der Waals surface area contributed by atoms with Gasteiger partial charge in [-0.25, -0.2) is 18.2 Å². The minimum absolute atomic E-state index is 0.0357. The van der Waals surface area contributed by atoms with Crippen molar-refractivity contribution in [2.24, 2.45) is 22.7 Å². The van der Waals surface area contributed by atoms with Crippen molar-refractivity contribution < 1.29 is 27.4 Å². The van der Waals surface area contributed by atoms with Gasteiger partial charge in [-0.15, -0.1) is 0 Å². The Labute approximate surface area is 137 Å². The Bertz CT molecular complexity index is 623. The van der Waals surface area contributed by atoms with Crippen LogP contribution in [-0.2, 0) is 14.3 Å². The second-order valence-electron chi connectivity index (χ2n) is 5.94. The fraction of sp³-hybridized carbons (Fsp3) is 0.529. The van der Waals surface area contributed by atoms with Crippen molar-refractivity contribution in [1.29, 1.82) is 0 Å². The van der Waals surface area contributed by atoms with Gasteiger partial charge < -0.3 is 9.47 Å². The normalized spacial score (nSPS) is 32.0. The van der Waals surface area contributed by atoms with E-state index in [1.165, 1.54) is 0 Å². The Morgan fingerprint density at radius 2 is 2.08 bits per heavy atom. The molecule has 1 aliphatic carbocycles. The lowest BCUT2D eigenvalue weighted by Crippen LogP contribution is -2.40. The molecule has 1 aromatic rings. The van der Waals surface area contributed by atoms with E-state index in [0.717, 1.165) is 0 Å². The summed E-state index contributed by atoms with van der Waals surface area (Å²) in [5.41, 5.74) is 0.543. The maximum Gasteiger partial charge on any atom is 0.311 e. The van der Waals surface area contributed by atoms with Crippen molar-refractivity contribution in [2.75, 3.05) is 6.61 Å². The number of nitrogens with zero attached hydrogens (tertiary/aromatic N) is 1. The first-order valence-corrected chi connectivity index (χ1v) is 7.91. The van der Waals surface area contributed by atoms with Crippen LogP contribution in [0.3, 0.4) is 0 Å². The summed E-state index contributed by atoms with van der Waals surface area (Å²) in [6.07, 6.45) is -4.67. The topological polar surface area (TPSA) is 47.9 Å². The Morgan fingerprint density at radius 1 is 1.38 bits per heavy atom. The lowest BCUT2D eigenvalue weighted by Gasteiger charge is -2.29. The molecule has 24 heavy (non-hydrogen) atoms. The first-order valence-electron chi connectivity index (χ1n) is 7.91. The highest BCUT2D eigenvalue weighted by molar-refractivity contribution is 5.95. The highest BCUT2D eigenvalue weighted by atomic mass is 19.3. The number of benzene rings is 1. The fourth-order valence-electron chi connectivity index (χ4n) is 3.45. The number of hydrogen-bond donors (Lipinski definition) is 0. The van der Waals surface area contributed by atoms with E-state index in [-0.39, 0.29) is 18.9 Å². The van der Waals surface area contributed by atoms with Crippen molar-refractivity contribution in [3.05, 3.63) is 35.9 Å². The van der Waals surface area contributed by atoms with Gasteiger partial charge in [-0.3, -0.25) is 4.79 Å². The average Bonchev–Trinajstić information content (AvgIpc) is 2.96. The highest BCUT2D eigenvalue weighted by Gasteiger charge is 2.56. The molecular weight excluding hydrogens is 323 g/mol. The number of esters is 1. The van der Waals surface area contributed by atoms with E-state index < -0.39 is 42.5 Å². The first-order chi connectivity index (χ1) is 11.5. The second-order valence-corrected chi connectivity index (χ2v) is 5.94. The molecule has 5 atom stereocenters. The summed E-state index contributed by atoms with van der Waals surface area (Å²) in [6.45, 7) is 1.68. The maximum absolute atomic E-state index is 14.4. The van der Waals surface area contributed by atoms with Crippen LogP contribution < -0.4 is 0 Å². The Kier molecular flexibility index (Phi) is 4.78. The molecule has 1 aliphatic heterocycles. The number of aliphatic imine (C=N–C) groups is 1. The summed E-state index contributed by atoms with van der Waals surface area (Å²) < 4.78 is 51.3. The molecule has 0 spiro atoms. The van der Waals surface area contributed by atoms with E-state index in [0.29, 0.717) is 5.56 Å². The quantitative estimate of drug-likeness (QED) is 0.790. The third kappa shape index (κ3) is 2.99. The number of carbonyl (C=O) groups is 1. The molecule has 3 rings (SSSR count). The van der Waals surface area contributed by atoms with Crippen LogP contribution in [0.15, 0.2) is 35.3 Å². The third-order valence-electron chi connectivity index (χ3n) is 4.54. The van der Waals surface area contributed by atoms with Crippen LogP contribution in [0.1, 0.15) is 18.9 Å². The van der Waals surface area contributed by atoms with E-state index in [4.69, 9.17) is 9.47 Å². The smallest absolute Gasteiger partial charge is 0.311 e. The largest absolute Gasteiger partial charge is 0.466 e. The molecule has 0 radical (unpaired) electrons. The molecule has 1 aromatic carbocycles. The number of rotatable bonds is 4. The van der Waals surface area contributed by atoms with Gasteiger partial charge in [0.05, 0.1) is 24.5 Å². The highest BCUT2D eigenvalue weighted by Crippen LogP contribution is 2.47. The lowest BCUT2D eigenvalue weighted by atomic mass is 9.93. The molecular formula is C17H18F3NO3. The van der Waals surface area contributed by atoms with E-state index in [1.54, 1.807) is 37.3 Å². The van der Waals surface area contributed by atoms with E-state index in [9.17, 15) is 18.0 Å². The molecule has 0 bridgehead atoms. The molecule has 0 amide bonds. The predicted molar refractivity (Wildman–Crippen MR) is 80.5 cm³/mol. The summed E-state index contributed by atoms with van der Waals surface area (Å²) >= 11 is 0. The van der Waals surface area contributed by atoms with Crippen molar-refractivity contribution in [1.82, 2.24) is 0 Å². The maximum atomic E-state index is 14.4. The minimum Gasteiger partial charge on any atom is -0.466 e. The first kappa shape index (κ1) is 16.8. The van der Waals surface area contributed by atoms with E-state index in [1.807, 2.05) is 0 Å². The molecule has 0 unspecified atom stereocenters. The zero-order valence-electron chi connectivity index (χ0n) is 13.1. The van der Waals surface area contributed by atoms with Crippen LogP contribution in [0.25, 0.3) is 0 Å². The Balaban J connectivity index is 1.96. The minimum atomic E-state index is -2.74. The fourth-order valence-corrected chi connectivity index (χ4v) is 3.45. The molecule has 7 heteroatoms. The van der Waals surface area contributed by atoms with Gasteiger partial charge in [0, 0.05) is 11.5 Å². The van der Waals surface area contributed by atoms with Gasteiger partial charge in [0.25, 0.3) is 0 Å². The van der Waals surface area contributed by atoms with Crippen LogP contribution in [0.5, 0.6) is 0 Å². The van der Waals surface area contributed by atoms with Crippen LogP contribution in [0.2, 0.25) is 0 Å². The average molecular weight is 341 g/mol. The summed E-state index contributed by atoms with van der Waals surface area (Å²) in [5, 5.41) is 0. The molecule has 0 aromatic heterocycles. The zero-order valence-corrected chi connectivity index (χ0v) is 13.1. The van der Waals surface area contributed by atoms with Gasteiger partial charge >= 0.3 is 5.97 Å². The van der Waals surface area contributed by atoms with Gasteiger partial charge in [-0.2, -0.15) is 0 Å². The van der Waals surface area contributed by atoms with Gasteiger partial charge in [0.1, 0.15) is 0 Å². The number of hydrogen-bond acceptors (Lipinski definition) is 4. The predicted octanol–water partition coefficient (Wildman–Crippen LogP) is 3.21. The van der Waals surface area contributed by atoms with E-state index in [2.05, 4.69) is 4.99 Å². The van der Waals surface area contributed by atoms with Gasteiger partial charge in [0.15, 0.2) is 0 Å². The monoisotopic (exact) mass is 341 g/mol. The Morgan fingerprint density at radius 3 is 2.71 bits per heavy atom. The SMILES string of the molecule is CCOC(=O)[C@H]1[C@H]2N=C(c3ccccc3)O[C@H](F)[C@@H]2C[C@@H]1C(F)F. The molecule has 2 aliphatic rings. The molecule has 1 heterocycles. The molecule has 0 saturated heterocycles. The Hall–Kier alpha value is -2.05. The van der Waals surface area contributed by atoms with Crippen LogP contribution >= 0.6 is 0 Å². The van der Waals surface area contributed by atoms with Crippen LogP contribution in [0.4, 0.5) is 13.2 Å². The van der Waals surface area contributed by atoms with Gasteiger partial charge in [-0.05, 0) is 25.5 Å². The third-order valence-corrected chi connectivity index (χ3v) is 4.54. The van der Waals surface area contributed by atoms with Crippen LogP contribution in [-0.4, -0.2) is 37.3 Å². The lowest BCUT2D eigenvalue weighted by molar-refractivity contribution is -0.152. The second kappa shape index (κ2) is 6.83. The molecule has 1 fully saturated rings. The summed E-state index contributed by atoms with van der Waals surface area (Å²) in [6, 6.07) is 7.73. The van der Waals surface area contributed by atoms with Crippen molar-refractivity contribution >= 4 is 11.9 Å². The molecule has 1 saturated carbocycles. The standard InChI is InChI=1S/C17H18F3NO3/c1-2-23-17(22)12-10(14(18)19)8-11-13(12)21-16(24-15(11)20)9-6-4-3-5-7-9/h3-7,10-15H,2,8H2,1H3/t10-,11+,12+,13-,15-/m0/s1. The number of halogens is 3. The summed E-state index contributed by atoms with van der Waals surface area (Å²) in [4.78, 5) is 16.5.